The second kappa shape index (κ2) is 7.09. The first-order chi connectivity index (χ1) is 10.2. The summed E-state index contributed by atoms with van der Waals surface area (Å²) in [5.74, 6) is 0.894. The summed E-state index contributed by atoms with van der Waals surface area (Å²) in [5.41, 5.74) is 2.18. The summed E-state index contributed by atoms with van der Waals surface area (Å²) in [5, 5.41) is 3.27. The van der Waals surface area contributed by atoms with Gasteiger partial charge in [-0.15, -0.1) is 23.1 Å². The summed E-state index contributed by atoms with van der Waals surface area (Å²) < 4.78 is 2.20. The van der Waals surface area contributed by atoms with Gasteiger partial charge in [-0.05, 0) is 24.3 Å². The van der Waals surface area contributed by atoms with Crippen molar-refractivity contribution in [1.82, 2.24) is 4.98 Å². The summed E-state index contributed by atoms with van der Waals surface area (Å²) in [6, 6.07) is 16.5. The molecule has 0 aliphatic rings. The number of nitrogens with zero attached hydrogens (tertiary/aromatic N) is 1. The molecule has 1 heterocycles. The molecular formula is C16H11Br2NS2. The van der Waals surface area contributed by atoms with E-state index in [1.165, 1.54) is 4.90 Å². The van der Waals surface area contributed by atoms with E-state index in [0.29, 0.717) is 0 Å². The largest absolute Gasteiger partial charge is 0.240 e. The highest BCUT2D eigenvalue weighted by Crippen LogP contribution is 2.31. The Kier molecular flexibility index (Phi) is 5.16. The average Bonchev–Trinajstić information content (AvgIpc) is 2.94. The molecule has 0 aliphatic carbocycles. The number of thioether (sulfide) groups is 1. The fraction of sp³-hybridized carbons (Fsp3) is 0.0625. The molecule has 0 atom stereocenters. The number of hydrogen-bond donors (Lipinski definition) is 0. The molecule has 5 heteroatoms. The van der Waals surface area contributed by atoms with E-state index in [-0.39, 0.29) is 0 Å². The predicted octanol–water partition coefficient (Wildman–Crippen LogP) is 6.63. The highest BCUT2D eigenvalue weighted by Gasteiger charge is 2.08. The molecule has 0 fully saturated rings. The molecule has 0 bridgehead atoms. The van der Waals surface area contributed by atoms with E-state index in [2.05, 4.69) is 61.5 Å². The molecule has 0 spiro atoms. The highest BCUT2D eigenvalue weighted by atomic mass is 79.9. The van der Waals surface area contributed by atoms with Crippen molar-refractivity contribution in [3.63, 3.8) is 0 Å². The van der Waals surface area contributed by atoms with Crippen LogP contribution in [-0.2, 0) is 5.75 Å². The number of rotatable bonds is 4. The van der Waals surface area contributed by atoms with Gasteiger partial charge >= 0.3 is 0 Å². The molecule has 1 nitrogen and oxygen atoms in total. The number of benzene rings is 2. The minimum absolute atomic E-state index is 0.894. The number of thiazole rings is 1. The van der Waals surface area contributed by atoms with Gasteiger partial charge in [-0.25, -0.2) is 4.98 Å². The Morgan fingerprint density at radius 1 is 1.05 bits per heavy atom. The van der Waals surface area contributed by atoms with Gasteiger partial charge in [0.2, 0.25) is 0 Å². The van der Waals surface area contributed by atoms with Crippen molar-refractivity contribution >= 4 is 55.0 Å². The molecule has 0 saturated heterocycles. The van der Waals surface area contributed by atoms with Gasteiger partial charge in [0.25, 0.3) is 0 Å². The first kappa shape index (κ1) is 15.3. The zero-order valence-electron chi connectivity index (χ0n) is 10.9. The van der Waals surface area contributed by atoms with Crippen molar-refractivity contribution in [3.05, 3.63) is 67.9 Å². The van der Waals surface area contributed by atoms with Gasteiger partial charge in [0.1, 0.15) is 5.01 Å². The first-order valence-corrected chi connectivity index (χ1v) is 9.75. The van der Waals surface area contributed by atoms with Crippen LogP contribution in [0.1, 0.15) is 5.01 Å². The number of hydrogen-bond acceptors (Lipinski definition) is 3. The van der Waals surface area contributed by atoms with Gasteiger partial charge in [0.05, 0.1) is 11.4 Å². The molecule has 0 unspecified atom stereocenters. The summed E-state index contributed by atoms with van der Waals surface area (Å²) in [6.45, 7) is 0. The Balaban J connectivity index is 1.72. The first-order valence-electron chi connectivity index (χ1n) is 6.30. The summed E-state index contributed by atoms with van der Waals surface area (Å²) in [7, 11) is 0. The molecule has 3 aromatic rings. The molecule has 0 aliphatic heterocycles. The van der Waals surface area contributed by atoms with E-state index in [1.807, 2.05) is 24.3 Å². The molecule has 3 rings (SSSR count). The standard InChI is InChI=1S/C16H11Br2NS2/c17-11-4-3-5-12(8-11)20-10-16-19-15(9-21-16)13-6-1-2-7-14(13)18/h1-9H,10H2. The second-order valence-corrected chi connectivity index (χ2v) is 8.11. The maximum Gasteiger partial charge on any atom is 0.104 e. The Bertz CT molecular complexity index is 755. The fourth-order valence-electron chi connectivity index (χ4n) is 1.87. The van der Waals surface area contributed by atoms with Gasteiger partial charge in [-0.2, -0.15) is 0 Å². The minimum atomic E-state index is 0.894. The topological polar surface area (TPSA) is 12.9 Å². The summed E-state index contributed by atoms with van der Waals surface area (Å²) in [4.78, 5) is 5.99. The lowest BCUT2D eigenvalue weighted by Crippen LogP contribution is -1.82. The molecule has 1 aromatic heterocycles. The van der Waals surface area contributed by atoms with Gasteiger partial charge in [0, 0.05) is 24.8 Å². The van der Waals surface area contributed by atoms with Crippen LogP contribution >= 0.6 is 55.0 Å². The van der Waals surface area contributed by atoms with Crippen molar-refractivity contribution in [2.45, 2.75) is 10.6 Å². The Hall–Kier alpha value is -0.620. The smallest absolute Gasteiger partial charge is 0.104 e. The third-order valence-corrected chi connectivity index (χ3v) is 6.08. The van der Waals surface area contributed by atoms with Crippen LogP contribution in [0.15, 0.2) is 67.8 Å². The number of aromatic nitrogens is 1. The van der Waals surface area contributed by atoms with Gasteiger partial charge < -0.3 is 0 Å². The van der Waals surface area contributed by atoms with Gasteiger partial charge in [-0.1, -0.05) is 56.1 Å². The van der Waals surface area contributed by atoms with Crippen LogP contribution in [0.25, 0.3) is 11.3 Å². The average molecular weight is 441 g/mol. The van der Waals surface area contributed by atoms with E-state index in [0.717, 1.165) is 31.0 Å². The lowest BCUT2D eigenvalue weighted by Gasteiger charge is -2.00. The van der Waals surface area contributed by atoms with Crippen LogP contribution in [0.3, 0.4) is 0 Å². The third-order valence-electron chi connectivity index (χ3n) is 2.86. The quantitative estimate of drug-likeness (QED) is 0.422. The van der Waals surface area contributed by atoms with E-state index < -0.39 is 0 Å². The zero-order chi connectivity index (χ0) is 14.7. The van der Waals surface area contributed by atoms with Gasteiger partial charge in [0.15, 0.2) is 0 Å². The normalized spacial score (nSPS) is 10.8. The molecule has 0 saturated carbocycles. The SMILES string of the molecule is Brc1cccc(SCc2nc(-c3ccccc3Br)cs2)c1. The van der Waals surface area contributed by atoms with Crippen molar-refractivity contribution in [2.75, 3.05) is 0 Å². The Labute approximate surface area is 149 Å². The van der Waals surface area contributed by atoms with Crippen LogP contribution in [0, 0.1) is 0 Å². The van der Waals surface area contributed by atoms with E-state index >= 15 is 0 Å². The lowest BCUT2D eigenvalue weighted by atomic mass is 10.2. The summed E-state index contributed by atoms with van der Waals surface area (Å²) in [6.07, 6.45) is 0. The van der Waals surface area contributed by atoms with Crippen molar-refractivity contribution < 1.29 is 0 Å². The maximum absolute atomic E-state index is 4.73. The van der Waals surface area contributed by atoms with E-state index in [1.54, 1.807) is 23.1 Å². The Morgan fingerprint density at radius 2 is 1.90 bits per heavy atom. The maximum atomic E-state index is 4.73. The van der Waals surface area contributed by atoms with E-state index in [4.69, 9.17) is 4.98 Å². The van der Waals surface area contributed by atoms with Crippen LogP contribution in [0.4, 0.5) is 0 Å². The molecule has 0 N–H and O–H groups in total. The predicted molar refractivity (Wildman–Crippen MR) is 99.0 cm³/mol. The molecule has 2 aromatic carbocycles. The minimum Gasteiger partial charge on any atom is -0.240 e. The van der Waals surface area contributed by atoms with Crippen molar-refractivity contribution in [1.29, 1.82) is 0 Å². The third kappa shape index (κ3) is 3.97. The van der Waals surface area contributed by atoms with E-state index in [9.17, 15) is 0 Å². The van der Waals surface area contributed by atoms with Crippen LogP contribution in [0.2, 0.25) is 0 Å². The fourth-order valence-corrected chi connectivity index (χ4v) is 4.68. The number of halogens is 2. The van der Waals surface area contributed by atoms with Crippen molar-refractivity contribution in [2.24, 2.45) is 0 Å². The molecule has 21 heavy (non-hydrogen) atoms. The second-order valence-electron chi connectivity index (χ2n) is 4.35. The van der Waals surface area contributed by atoms with Crippen LogP contribution in [0.5, 0.6) is 0 Å². The molecule has 0 amide bonds. The van der Waals surface area contributed by atoms with Crippen LogP contribution in [-0.4, -0.2) is 4.98 Å². The van der Waals surface area contributed by atoms with Gasteiger partial charge in [-0.3, -0.25) is 0 Å². The van der Waals surface area contributed by atoms with Crippen LogP contribution < -0.4 is 0 Å². The summed E-state index contributed by atoms with van der Waals surface area (Å²) >= 11 is 10.6. The highest BCUT2D eigenvalue weighted by molar-refractivity contribution is 9.10. The monoisotopic (exact) mass is 439 g/mol. The lowest BCUT2D eigenvalue weighted by molar-refractivity contribution is 1.26. The molecular weight excluding hydrogens is 430 g/mol. The zero-order valence-corrected chi connectivity index (χ0v) is 15.7. The molecule has 0 radical (unpaired) electrons. The molecule has 106 valence electrons. The Morgan fingerprint density at radius 3 is 2.71 bits per heavy atom. The van der Waals surface area contributed by atoms with Crippen molar-refractivity contribution in [3.8, 4) is 11.3 Å².